The molecular weight excluding hydrogens is 232 g/mol. The average molecular weight is 256 g/mol. The highest BCUT2D eigenvalue weighted by Crippen LogP contribution is 2.13. The molecule has 18 heavy (non-hydrogen) atoms. The minimum atomic E-state index is -0.791. The molecule has 0 aliphatic carbocycles. The highest BCUT2D eigenvalue weighted by molar-refractivity contribution is 5.76. The highest BCUT2D eigenvalue weighted by Gasteiger charge is 2.26. The van der Waals surface area contributed by atoms with E-state index in [1.54, 1.807) is 13.8 Å². The van der Waals surface area contributed by atoms with E-state index in [4.69, 9.17) is 5.11 Å². The number of hydrogen-bond donors (Lipinski definition) is 2. The summed E-state index contributed by atoms with van der Waals surface area (Å²) < 4.78 is 0. The number of likely N-dealkylation sites (tertiary alicyclic amines) is 1. The third kappa shape index (κ3) is 4.64. The molecule has 0 radical (unpaired) electrons. The normalized spacial score (nSPS) is 17.0. The van der Waals surface area contributed by atoms with Crippen LogP contribution in [0.5, 0.6) is 0 Å². The van der Waals surface area contributed by atoms with Crippen LogP contribution in [-0.4, -0.2) is 48.1 Å². The van der Waals surface area contributed by atoms with Gasteiger partial charge in [-0.1, -0.05) is 0 Å². The minimum absolute atomic E-state index is 0.257. The molecular formula is C13H24N2O3. The Balaban J connectivity index is 2.11. The fourth-order valence-electron chi connectivity index (χ4n) is 1.97. The second-order valence-electron chi connectivity index (χ2n) is 5.56. The summed E-state index contributed by atoms with van der Waals surface area (Å²) in [6, 6.07) is 0. The summed E-state index contributed by atoms with van der Waals surface area (Å²) in [5.74, 6) is -0.534. The third-order valence-electron chi connectivity index (χ3n) is 3.35. The van der Waals surface area contributed by atoms with Crippen LogP contribution in [0.4, 0.5) is 0 Å². The van der Waals surface area contributed by atoms with E-state index in [0.29, 0.717) is 13.0 Å². The summed E-state index contributed by atoms with van der Waals surface area (Å²) in [7, 11) is 0. The molecule has 5 nitrogen and oxygen atoms in total. The van der Waals surface area contributed by atoms with Crippen LogP contribution < -0.4 is 5.32 Å². The Morgan fingerprint density at radius 1 is 1.44 bits per heavy atom. The number of hydrogen-bond acceptors (Lipinski definition) is 3. The van der Waals surface area contributed by atoms with Crippen molar-refractivity contribution in [3.05, 3.63) is 0 Å². The van der Waals surface area contributed by atoms with E-state index in [-0.39, 0.29) is 5.91 Å². The largest absolute Gasteiger partial charge is 0.481 e. The van der Waals surface area contributed by atoms with Gasteiger partial charge in [0.25, 0.3) is 0 Å². The summed E-state index contributed by atoms with van der Waals surface area (Å²) in [5.41, 5.74) is -0.735. The zero-order chi connectivity index (χ0) is 13.6. The van der Waals surface area contributed by atoms with E-state index in [0.717, 1.165) is 38.9 Å². The number of carbonyl (C=O) groups excluding carboxylic acids is 1. The van der Waals surface area contributed by atoms with Crippen LogP contribution in [-0.2, 0) is 9.59 Å². The summed E-state index contributed by atoms with van der Waals surface area (Å²) in [5, 5.41) is 12.1. The lowest BCUT2D eigenvalue weighted by Gasteiger charge is -2.27. The Hall–Kier alpha value is -1.10. The van der Waals surface area contributed by atoms with Gasteiger partial charge in [-0.2, -0.15) is 0 Å². The van der Waals surface area contributed by atoms with E-state index in [9.17, 15) is 9.59 Å². The van der Waals surface area contributed by atoms with Gasteiger partial charge in [-0.25, -0.2) is 0 Å². The maximum atomic E-state index is 11.5. The van der Waals surface area contributed by atoms with Crippen molar-refractivity contribution in [3.8, 4) is 0 Å². The molecule has 5 heteroatoms. The Bertz CT molecular complexity index is 303. The van der Waals surface area contributed by atoms with Crippen molar-refractivity contribution >= 4 is 11.9 Å². The SMILES string of the molecule is CC(C)(CNCCCN1CCCCC1=O)C(=O)O. The number of carbonyl (C=O) groups is 2. The van der Waals surface area contributed by atoms with Crippen LogP contribution >= 0.6 is 0 Å². The van der Waals surface area contributed by atoms with Crippen molar-refractivity contribution in [3.63, 3.8) is 0 Å². The number of nitrogens with one attached hydrogen (secondary N) is 1. The van der Waals surface area contributed by atoms with Crippen LogP contribution in [0.3, 0.4) is 0 Å². The van der Waals surface area contributed by atoms with E-state index in [1.807, 2.05) is 4.90 Å². The van der Waals surface area contributed by atoms with Gasteiger partial charge in [-0.05, 0) is 39.7 Å². The monoisotopic (exact) mass is 256 g/mol. The molecule has 1 amide bonds. The van der Waals surface area contributed by atoms with Gasteiger partial charge in [-0.3, -0.25) is 9.59 Å². The zero-order valence-corrected chi connectivity index (χ0v) is 11.4. The van der Waals surface area contributed by atoms with Crippen LogP contribution in [0.2, 0.25) is 0 Å². The predicted molar refractivity (Wildman–Crippen MR) is 69.3 cm³/mol. The molecule has 1 fully saturated rings. The highest BCUT2D eigenvalue weighted by atomic mass is 16.4. The molecule has 0 unspecified atom stereocenters. The molecule has 1 rings (SSSR count). The maximum absolute atomic E-state index is 11.5. The minimum Gasteiger partial charge on any atom is -0.481 e. The van der Waals surface area contributed by atoms with Gasteiger partial charge in [0.1, 0.15) is 0 Å². The van der Waals surface area contributed by atoms with Gasteiger partial charge in [0.05, 0.1) is 5.41 Å². The van der Waals surface area contributed by atoms with Crippen LogP contribution in [0.15, 0.2) is 0 Å². The molecule has 0 atom stereocenters. The quantitative estimate of drug-likeness (QED) is 0.669. The number of carboxylic acid groups (broad SMARTS) is 1. The first kappa shape index (κ1) is 15.0. The lowest BCUT2D eigenvalue weighted by Crippen LogP contribution is -2.39. The van der Waals surface area contributed by atoms with E-state index in [2.05, 4.69) is 5.32 Å². The molecule has 1 aliphatic heterocycles. The lowest BCUT2D eigenvalue weighted by molar-refractivity contribution is -0.146. The van der Waals surface area contributed by atoms with Crippen molar-refractivity contribution in [1.29, 1.82) is 0 Å². The van der Waals surface area contributed by atoms with Gasteiger partial charge in [0, 0.05) is 26.1 Å². The van der Waals surface area contributed by atoms with Crippen molar-refractivity contribution in [1.82, 2.24) is 10.2 Å². The van der Waals surface area contributed by atoms with Crippen LogP contribution in [0.25, 0.3) is 0 Å². The molecule has 0 saturated carbocycles. The van der Waals surface area contributed by atoms with Gasteiger partial charge in [-0.15, -0.1) is 0 Å². The first-order valence-electron chi connectivity index (χ1n) is 6.65. The Labute approximate surface area is 109 Å². The molecule has 0 spiro atoms. The number of aliphatic carboxylic acids is 1. The zero-order valence-electron chi connectivity index (χ0n) is 11.4. The summed E-state index contributed by atoms with van der Waals surface area (Å²) >= 11 is 0. The fraction of sp³-hybridized carbons (Fsp3) is 0.846. The van der Waals surface area contributed by atoms with Crippen molar-refractivity contribution in [2.75, 3.05) is 26.2 Å². The molecule has 104 valence electrons. The average Bonchev–Trinajstić information content (AvgIpc) is 2.30. The standard InChI is InChI=1S/C13H24N2O3/c1-13(2,12(17)18)10-14-7-5-9-15-8-4-3-6-11(15)16/h14H,3-10H2,1-2H3,(H,17,18). The molecule has 0 aromatic rings. The summed E-state index contributed by atoms with van der Waals surface area (Å²) in [6.45, 7) is 6.27. The molecule has 0 aromatic heterocycles. The van der Waals surface area contributed by atoms with E-state index >= 15 is 0 Å². The first-order chi connectivity index (χ1) is 8.43. The number of amides is 1. The second-order valence-corrected chi connectivity index (χ2v) is 5.56. The van der Waals surface area contributed by atoms with Gasteiger partial charge in [0.15, 0.2) is 0 Å². The first-order valence-corrected chi connectivity index (χ1v) is 6.65. The number of carboxylic acids is 1. The van der Waals surface area contributed by atoms with Gasteiger partial charge < -0.3 is 15.3 Å². The third-order valence-corrected chi connectivity index (χ3v) is 3.35. The fourth-order valence-corrected chi connectivity index (χ4v) is 1.97. The summed E-state index contributed by atoms with van der Waals surface area (Å²) in [4.78, 5) is 24.3. The number of rotatable bonds is 7. The molecule has 0 aromatic carbocycles. The second kappa shape index (κ2) is 6.73. The lowest BCUT2D eigenvalue weighted by atomic mass is 9.94. The van der Waals surface area contributed by atoms with Crippen molar-refractivity contribution in [2.45, 2.75) is 39.5 Å². The van der Waals surface area contributed by atoms with Gasteiger partial charge in [0.2, 0.25) is 5.91 Å². The molecule has 0 bridgehead atoms. The van der Waals surface area contributed by atoms with E-state index in [1.165, 1.54) is 0 Å². The van der Waals surface area contributed by atoms with Crippen molar-refractivity contribution < 1.29 is 14.7 Å². The number of nitrogens with zero attached hydrogens (tertiary/aromatic N) is 1. The maximum Gasteiger partial charge on any atom is 0.310 e. The Kier molecular flexibility index (Phi) is 5.59. The summed E-state index contributed by atoms with van der Waals surface area (Å²) in [6.07, 6.45) is 3.67. The molecule has 2 N–H and O–H groups in total. The van der Waals surface area contributed by atoms with Gasteiger partial charge >= 0.3 is 5.97 Å². The van der Waals surface area contributed by atoms with Crippen molar-refractivity contribution in [2.24, 2.45) is 5.41 Å². The topological polar surface area (TPSA) is 69.6 Å². The molecule has 1 heterocycles. The predicted octanol–water partition coefficient (Wildman–Crippen LogP) is 1.09. The van der Waals surface area contributed by atoms with Crippen LogP contribution in [0, 0.1) is 5.41 Å². The number of piperidine rings is 1. The Morgan fingerprint density at radius 3 is 2.78 bits per heavy atom. The van der Waals surface area contributed by atoms with E-state index < -0.39 is 11.4 Å². The van der Waals surface area contributed by atoms with Crippen LogP contribution in [0.1, 0.15) is 39.5 Å². The smallest absolute Gasteiger partial charge is 0.310 e. The Morgan fingerprint density at radius 2 is 2.17 bits per heavy atom. The molecule has 1 saturated heterocycles. The molecule has 1 aliphatic rings.